The normalized spacial score (nSPS) is 12.4. The predicted octanol–water partition coefficient (Wildman–Crippen LogP) is 5.50. The van der Waals surface area contributed by atoms with Gasteiger partial charge in [-0.15, -0.1) is 0 Å². The van der Waals surface area contributed by atoms with Crippen molar-refractivity contribution in [3.63, 3.8) is 0 Å². The van der Waals surface area contributed by atoms with Crippen LogP contribution in [0.5, 0.6) is 0 Å². The Kier molecular flexibility index (Phi) is 5.64. The van der Waals surface area contributed by atoms with Crippen LogP contribution in [0.3, 0.4) is 0 Å². The van der Waals surface area contributed by atoms with Crippen molar-refractivity contribution >= 4 is 27.5 Å². The monoisotopic (exact) mass is 351 g/mol. The Morgan fingerprint density at radius 1 is 1.15 bits per heavy atom. The van der Waals surface area contributed by atoms with E-state index in [1.54, 1.807) is 0 Å². The average molecular weight is 353 g/mol. The standard InChI is InChI=1S/C17H19BrClN/c1-3-11-20-17(13-9-7-12(2)8-10-13)14-5-4-6-15(18)16(14)19/h4-10,17,20H,3,11H2,1-2H3. The van der Waals surface area contributed by atoms with E-state index in [0.717, 1.165) is 28.0 Å². The molecule has 0 spiro atoms. The summed E-state index contributed by atoms with van der Waals surface area (Å²) in [5.74, 6) is 0. The SMILES string of the molecule is CCCNC(c1ccc(C)cc1)c1cccc(Br)c1Cl. The van der Waals surface area contributed by atoms with Gasteiger partial charge in [-0.1, -0.05) is 60.5 Å². The van der Waals surface area contributed by atoms with Crippen molar-refractivity contribution in [1.82, 2.24) is 5.32 Å². The van der Waals surface area contributed by atoms with Crippen LogP contribution in [-0.4, -0.2) is 6.54 Å². The quantitative estimate of drug-likeness (QED) is 0.749. The lowest BCUT2D eigenvalue weighted by molar-refractivity contribution is 0.598. The minimum absolute atomic E-state index is 0.126. The van der Waals surface area contributed by atoms with Gasteiger partial charge in [-0.25, -0.2) is 0 Å². The molecule has 1 N–H and O–H groups in total. The molecule has 3 heteroatoms. The largest absolute Gasteiger partial charge is 0.306 e. The Balaban J connectivity index is 2.41. The molecule has 2 rings (SSSR count). The van der Waals surface area contributed by atoms with Crippen molar-refractivity contribution in [2.24, 2.45) is 0 Å². The van der Waals surface area contributed by atoms with Crippen LogP contribution in [0.4, 0.5) is 0 Å². The third kappa shape index (κ3) is 3.63. The van der Waals surface area contributed by atoms with Crippen molar-refractivity contribution in [3.05, 3.63) is 68.7 Å². The predicted molar refractivity (Wildman–Crippen MR) is 90.5 cm³/mol. The van der Waals surface area contributed by atoms with Crippen LogP contribution in [0.25, 0.3) is 0 Å². The van der Waals surface area contributed by atoms with E-state index in [1.165, 1.54) is 11.1 Å². The van der Waals surface area contributed by atoms with Gasteiger partial charge in [0.25, 0.3) is 0 Å². The molecule has 0 aliphatic rings. The fourth-order valence-corrected chi connectivity index (χ4v) is 2.81. The van der Waals surface area contributed by atoms with Crippen molar-refractivity contribution in [1.29, 1.82) is 0 Å². The number of hydrogen-bond donors (Lipinski definition) is 1. The van der Waals surface area contributed by atoms with Crippen LogP contribution < -0.4 is 5.32 Å². The summed E-state index contributed by atoms with van der Waals surface area (Å²) in [5.41, 5.74) is 3.62. The first kappa shape index (κ1) is 15.6. The summed E-state index contributed by atoms with van der Waals surface area (Å²) in [6, 6.07) is 14.8. The summed E-state index contributed by atoms with van der Waals surface area (Å²) < 4.78 is 0.937. The molecule has 0 bridgehead atoms. The Morgan fingerprint density at radius 2 is 1.85 bits per heavy atom. The Hall–Kier alpha value is -0.830. The van der Waals surface area contributed by atoms with Crippen LogP contribution in [0.15, 0.2) is 46.9 Å². The molecule has 1 unspecified atom stereocenters. The van der Waals surface area contributed by atoms with Gasteiger partial charge in [0.2, 0.25) is 0 Å². The molecule has 20 heavy (non-hydrogen) atoms. The van der Waals surface area contributed by atoms with E-state index in [2.05, 4.69) is 65.4 Å². The van der Waals surface area contributed by atoms with Gasteiger partial charge < -0.3 is 5.32 Å². The zero-order valence-corrected chi connectivity index (χ0v) is 14.1. The number of aryl methyl sites for hydroxylation is 1. The highest BCUT2D eigenvalue weighted by Crippen LogP contribution is 2.33. The summed E-state index contributed by atoms with van der Waals surface area (Å²) in [6.45, 7) is 5.23. The molecule has 0 fully saturated rings. The number of hydrogen-bond acceptors (Lipinski definition) is 1. The van der Waals surface area contributed by atoms with Gasteiger partial charge in [0.15, 0.2) is 0 Å². The maximum absolute atomic E-state index is 6.46. The zero-order valence-electron chi connectivity index (χ0n) is 11.8. The van der Waals surface area contributed by atoms with Crippen LogP contribution in [0.1, 0.15) is 36.1 Å². The summed E-state index contributed by atoms with van der Waals surface area (Å²) >= 11 is 9.97. The van der Waals surface area contributed by atoms with E-state index in [9.17, 15) is 0 Å². The molecule has 1 nitrogen and oxygen atoms in total. The smallest absolute Gasteiger partial charge is 0.0599 e. The molecule has 2 aromatic rings. The molecule has 0 aliphatic carbocycles. The first-order valence-corrected chi connectivity index (χ1v) is 8.04. The molecule has 1 atom stereocenters. The second kappa shape index (κ2) is 7.26. The lowest BCUT2D eigenvalue weighted by atomic mass is 9.97. The van der Waals surface area contributed by atoms with Crippen molar-refractivity contribution in [3.8, 4) is 0 Å². The summed E-state index contributed by atoms with van der Waals surface area (Å²) in [6.07, 6.45) is 1.09. The molecular weight excluding hydrogens is 334 g/mol. The second-order valence-electron chi connectivity index (χ2n) is 4.94. The van der Waals surface area contributed by atoms with E-state index in [-0.39, 0.29) is 6.04 Å². The number of rotatable bonds is 5. The lowest BCUT2D eigenvalue weighted by Crippen LogP contribution is -2.23. The zero-order chi connectivity index (χ0) is 14.5. The molecule has 0 aliphatic heterocycles. The maximum atomic E-state index is 6.46. The van der Waals surface area contributed by atoms with E-state index in [4.69, 9.17) is 11.6 Å². The van der Waals surface area contributed by atoms with Crippen molar-refractivity contribution in [2.75, 3.05) is 6.54 Å². The molecule has 2 aromatic carbocycles. The third-order valence-electron chi connectivity index (χ3n) is 3.30. The number of halogens is 2. The Morgan fingerprint density at radius 3 is 2.50 bits per heavy atom. The molecule has 0 radical (unpaired) electrons. The van der Waals surface area contributed by atoms with Gasteiger partial charge in [-0.3, -0.25) is 0 Å². The maximum Gasteiger partial charge on any atom is 0.0599 e. The van der Waals surface area contributed by atoms with Gasteiger partial charge in [0.1, 0.15) is 0 Å². The molecule has 0 saturated carbocycles. The second-order valence-corrected chi connectivity index (χ2v) is 6.17. The number of benzene rings is 2. The van der Waals surface area contributed by atoms with Gasteiger partial charge in [0, 0.05) is 4.47 Å². The first-order valence-electron chi connectivity index (χ1n) is 6.87. The topological polar surface area (TPSA) is 12.0 Å². The van der Waals surface area contributed by atoms with E-state index < -0.39 is 0 Å². The van der Waals surface area contributed by atoms with Crippen LogP contribution in [0, 0.1) is 6.92 Å². The molecular formula is C17H19BrClN. The Bertz CT molecular complexity index is 566. The van der Waals surface area contributed by atoms with E-state index in [1.807, 2.05) is 12.1 Å². The van der Waals surface area contributed by atoms with Gasteiger partial charge in [-0.2, -0.15) is 0 Å². The minimum atomic E-state index is 0.126. The van der Waals surface area contributed by atoms with E-state index in [0.29, 0.717) is 0 Å². The molecule has 0 saturated heterocycles. The van der Waals surface area contributed by atoms with Gasteiger partial charge in [-0.05, 0) is 53.0 Å². The minimum Gasteiger partial charge on any atom is -0.306 e. The molecule has 0 aromatic heterocycles. The summed E-state index contributed by atoms with van der Waals surface area (Å²) in [4.78, 5) is 0. The van der Waals surface area contributed by atoms with Crippen LogP contribution >= 0.6 is 27.5 Å². The van der Waals surface area contributed by atoms with Crippen LogP contribution in [-0.2, 0) is 0 Å². The highest BCUT2D eigenvalue weighted by Gasteiger charge is 2.17. The fraction of sp³-hybridized carbons (Fsp3) is 0.294. The fourth-order valence-electron chi connectivity index (χ4n) is 2.20. The summed E-state index contributed by atoms with van der Waals surface area (Å²) in [7, 11) is 0. The lowest BCUT2D eigenvalue weighted by Gasteiger charge is -2.21. The molecule has 106 valence electrons. The molecule has 0 heterocycles. The van der Waals surface area contributed by atoms with Crippen molar-refractivity contribution < 1.29 is 0 Å². The highest BCUT2D eigenvalue weighted by molar-refractivity contribution is 9.10. The number of nitrogens with one attached hydrogen (secondary N) is 1. The van der Waals surface area contributed by atoms with Gasteiger partial charge >= 0.3 is 0 Å². The van der Waals surface area contributed by atoms with Crippen LogP contribution in [0.2, 0.25) is 5.02 Å². The van der Waals surface area contributed by atoms with E-state index >= 15 is 0 Å². The Labute approximate surface area is 134 Å². The van der Waals surface area contributed by atoms with Crippen molar-refractivity contribution in [2.45, 2.75) is 26.3 Å². The third-order valence-corrected chi connectivity index (χ3v) is 4.61. The first-order chi connectivity index (χ1) is 9.63. The highest BCUT2D eigenvalue weighted by atomic mass is 79.9. The summed E-state index contributed by atoms with van der Waals surface area (Å²) in [5, 5.41) is 4.36. The average Bonchev–Trinajstić information content (AvgIpc) is 2.45. The van der Waals surface area contributed by atoms with Gasteiger partial charge in [0.05, 0.1) is 11.1 Å². The molecule has 0 amide bonds.